The van der Waals surface area contributed by atoms with Crippen molar-refractivity contribution in [3.63, 3.8) is 0 Å². The van der Waals surface area contributed by atoms with Gasteiger partial charge in [0.25, 0.3) is 0 Å². The fraction of sp³-hybridized carbons (Fsp3) is 0.444. The first kappa shape index (κ1) is 26.4. The maximum atomic E-state index is 13.1. The zero-order valence-electron chi connectivity index (χ0n) is 20.2. The molecular formula is C27H41N3O. The van der Waals surface area contributed by atoms with Crippen LogP contribution in [0.15, 0.2) is 60.4 Å². The van der Waals surface area contributed by atoms with E-state index in [0.29, 0.717) is 19.4 Å². The molecule has 0 aliphatic rings. The molecule has 2 aromatic carbocycles. The Balaban J connectivity index is 0.00000233. The highest BCUT2D eigenvalue weighted by Crippen LogP contribution is 2.32. The second kappa shape index (κ2) is 13.7. The number of hydrogen-bond donors (Lipinski definition) is 2. The summed E-state index contributed by atoms with van der Waals surface area (Å²) in [6.45, 7) is 13.0. The molecule has 0 radical (unpaired) electrons. The zero-order valence-corrected chi connectivity index (χ0v) is 20.2. The molecule has 0 aromatic heterocycles. The van der Waals surface area contributed by atoms with Crippen molar-refractivity contribution in [1.82, 2.24) is 5.01 Å². The van der Waals surface area contributed by atoms with Crippen LogP contribution < -0.4 is 11.6 Å². The lowest BCUT2D eigenvalue weighted by Crippen LogP contribution is -2.26. The lowest BCUT2D eigenvalue weighted by molar-refractivity contribution is -0.122. The number of nitrogens with zero attached hydrogens (tertiary/aromatic N) is 1. The summed E-state index contributed by atoms with van der Waals surface area (Å²) in [5.74, 6) is 6.13. The van der Waals surface area contributed by atoms with Crippen molar-refractivity contribution < 1.29 is 4.79 Å². The summed E-state index contributed by atoms with van der Waals surface area (Å²) in [7, 11) is 0. The van der Waals surface area contributed by atoms with Gasteiger partial charge in [0.1, 0.15) is 5.78 Å². The molecule has 170 valence electrons. The van der Waals surface area contributed by atoms with E-state index in [9.17, 15) is 4.79 Å². The predicted octanol–water partition coefficient (Wildman–Crippen LogP) is 5.64. The van der Waals surface area contributed by atoms with Gasteiger partial charge in [-0.25, -0.2) is 5.84 Å². The van der Waals surface area contributed by atoms with Gasteiger partial charge in [0.05, 0.1) is 0 Å². The van der Waals surface area contributed by atoms with Crippen LogP contribution in [0.2, 0.25) is 0 Å². The number of hydrogen-bond acceptors (Lipinski definition) is 4. The van der Waals surface area contributed by atoms with Gasteiger partial charge in [-0.2, -0.15) is 0 Å². The van der Waals surface area contributed by atoms with Crippen molar-refractivity contribution in [3.8, 4) is 0 Å². The maximum absolute atomic E-state index is 13.1. The summed E-state index contributed by atoms with van der Waals surface area (Å²) >= 11 is 0. The van der Waals surface area contributed by atoms with Gasteiger partial charge in [-0.15, -0.1) is 0 Å². The van der Waals surface area contributed by atoms with E-state index in [1.54, 1.807) is 11.2 Å². The Morgan fingerprint density at radius 2 is 1.71 bits per heavy atom. The second-order valence-electron chi connectivity index (χ2n) is 7.94. The molecule has 2 rings (SSSR count). The number of aryl methyl sites for hydroxylation is 2. The minimum atomic E-state index is -0.0923. The summed E-state index contributed by atoms with van der Waals surface area (Å²) in [5, 5.41) is 1.59. The van der Waals surface area contributed by atoms with Crippen LogP contribution in [0, 0.1) is 19.8 Å². The molecular weight excluding hydrogens is 382 g/mol. The third-order valence-corrected chi connectivity index (χ3v) is 5.73. The highest BCUT2D eigenvalue weighted by molar-refractivity contribution is 5.83. The minimum Gasteiger partial charge on any atom is -0.401 e. The van der Waals surface area contributed by atoms with Crippen LogP contribution in [0.4, 0.5) is 0 Å². The molecule has 0 fully saturated rings. The van der Waals surface area contributed by atoms with Gasteiger partial charge in [-0.3, -0.25) is 4.79 Å². The maximum Gasteiger partial charge on any atom is 0.140 e. The highest BCUT2D eigenvalue weighted by atomic mass is 16.1. The SMILES string of the molecule is CC.CCN(N)/C=C(\N)CCC(c1ccc(C)c(C)c1)C(C)C(=O)Cc1ccccc1. The van der Waals surface area contributed by atoms with Gasteiger partial charge in [-0.1, -0.05) is 69.3 Å². The van der Waals surface area contributed by atoms with E-state index in [4.69, 9.17) is 11.6 Å². The number of rotatable bonds is 10. The van der Waals surface area contributed by atoms with Crippen LogP contribution in [0.3, 0.4) is 0 Å². The Kier molecular flexibility index (Phi) is 11.7. The van der Waals surface area contributed by atoms with Crippen LogP contribution in [-0.4, -0.2) is 17.3 Å². The first-order valence-electron chi connectivity index (χ1n) is 11.4. The first-order valence-corrected chi connectivity index (χ1v) is 11.4. The average molecular weight is 424 g/mol. The summed E-state index contributed by atoms with van der Waals surface area (Å²) in [5.41, 5.74) is 11.7. The summed E-state index contributed by atoms with van der Waals surface area (Å²) in [6, 6.07) is 16.5. The van der Waals surface area contributed by atoms with Gasteiger partial charge in [0, 0.05) is 30.8 Å². The van der Waals surface area contributed by atoms with Crippen molar-refractivity contribution in [2.75, 3.05) is 6.54 Å². The molecule has 4 heteroatoms. The molecule has 4 nitrogen and oxygen atoms in total. The van der Waals surface area contributed by atoms with E-state index in [-0.39, 0.29) is 17.6 Å². The third-order valence-electron chi connectivity index (χ3n) is 5.73. The van der Waals surface area contributed by atoms with Crippen molar-refractivity contribution >= 4 is 5.78 Å². The van der Waals surface area contributed by atoms with Crippen LogP contribution >= 0.6 is 0 Å². The molecule has 0 amide bonds. The number of carbonyl (C=O) groups excluding carboxylic acids is 1. The summed E-state index contributed by atoms with van der Waals surface area (Å²) in [4.78, 5) is 13.1. The fourth-order valence-corrected chi connectivity index (χ4v) is 3.57. The van der Waals surface area contributed by atoms with Gasteiger partial charge in [0.2, 0.25) is 0 Å². The Morgan fingerprint density at radius 1 is 1.06 bits per heavy atom. The van der Waals surface area contributed by atoms with Gasteiger partial charge in [-0.05, 0) is 61.8 Å². The largest absolute Gasteiger partial charge is 0.401 e. The molecule has 0 bridgehead atoms. The van der Waals surface area contributed by atoms with E-state index in [0.717, 1.165) is 17.7 Å². The van der Waals surface area contributed by atoms with E-state index >= 15 is 0 Å². The van der Waals surface area contributed by atoms with Crippen molar-refractivity contribution in [3.05, 3.63) is 82.7 Å². The smallest absolute Gasteiger partial charge is 0.140 e. The Hall–Kier alpha value is -2.59. The van der Waals surface area contributed by atoms with Gasteiger partial charge < -0.3 is 10.7 Å². The average Bonchev–Trinajstić information content (AvgIpc) is 2.78. The molecule has 0 saturated heterocycles. The summed E-state index contributed by atoms with van der Waals surface area (Å²) < 4.78 is 0. The van der Waals surface area contributed by atoms with E-state index in [1.807, 2.05) is 58.0 Å². The monoisotopic (exact) mass is 423 g/mol. The number of Topliss-reactive ketones (excluding diaryl/α,β-unsaturated/α-hetero) is 1. The highest BCUT2D eigenvalue weighted by Gasteiger charge is 2.25. The lowest BCUT2D eigenvalue weighted by atomic mass is 9.79. The molecule has 0 aliphatic heterocycles. The van der Waals surface area contributed by atoms with Crippen LogP contribution in [-0.2, 0) is 11.2 Å². The molecule has 0 spiro atoms. The minimum absolute atomic E-state index is 0.0923. The van der Waals surface area contributed by atoms with Crippen molar-refractivity contribution in [2.24, 2.45) is 17.5 Å². The lowest BCUT2D eigenvalue weighted by Gasteiger charge is -2.25. The molecule has 2 atom stereocenters. The Labute approximate surface area is 189 Å². The normalized spacial score (nSPS) is 13.1. The van der Waals surface area contributed by atoms with Crippen LogP contribution in [0.1, 0.15) is 68.7 Å². The Morgan fingerprint density at radius 3 is 2.29 bits per heavy atom. The number of benzene rings is 2. The topological polar surface area (TPSA) is 72.3 Å². The van der Waals surface area contributed by atoms with E-state index < -0.39 is 0 Å². The molecule has 4 N–H and O–H groups in total. The van der Waals surface area contributed by atoms with Crippen LogP contribution in [0.5, 0.6) is 0 Å². The molecule has 2 aromatic rings. The molecule has 31 heavy (non-hydrogen) atoms. The number of hydrazine groups is 1. The Bertz CT molecular complexity index is 830. The molecule has 0 aliphatic carbocycles. The number of nitrogens with two attached hydrogens (primary N) is 2. The van der Waals surface area contributed by atoms with E-state index in [2.05, 4.69) is 32.0 Å². The summed E-state index contributed by atoms with van der Waals surface area (Å²) in [6.07, 6.45) is 3.76. The van der Waals surface area contributed by atoms with Crippen molar-refractivity contribution in [2.45, 2.75) is 66.7 Å². The number of carbonyl (C=O) groups is 1. The van der Waals surface area contributed by atoms with E-state index in [1.165, 1.54) is 16.7 Å². The van der Waals surface area contributed by atoms with Gasteiger partial charge >= 0.3 is 0 Å². The molecule has 0 heterocycles. The van der Waals surface area contributed by atoms with Crippen LogP contribution in [0.25, 0.3) is 0 Å². The number of ketones is 1. The standard InChI is InChI=1S/C25H35N3O.C2H6/c1-5-28(27)17-23(26)13-14-24(22-12-11-18(2)19(3)15-22)20(4)25(29)16-21-9-7-6-8-10-21;1-2/h6-12,15,17,20,24H,5,13-14,16,26-27H2,1-4H3;1-2H3/b23-17-;. The first-order chi connectivity index (χ1) is 14.8. The molecule has 0 saturated carbocycles. The third kappa shape index (κ3) is 8.58. The van der Waals surface area contributed by atoms with Crippen molar-refractivity contribution in [1.29, 1.82) is 0 Å². The quantitative estimate of drug-likeness (QED) is 0.383. The second-order valence-corrected chi connectivity index (χ2v) is 7.94. The zero-order chi connectivity index (χ0) is 23.4. The fourth-order valence-electron chi connectivity index (χ4n) is 3.57. The molecule has 2 unspecified atom stereocenters. The number of allylic oxidation sites excluding steroid dienone is 1. The predicted molar refractivity (Wildman–Crippen MR) is 132 cm³/mol. The van der Waals surface area contributed by atoms with Gasteiger partial charge in [0.15, 0.2) is 0 Å².